The first kappa shape index (κ1) is 12.2. The Hall–Kier alpha value is -1.76. The number of rotatable bonds is 7. The van der Waals surface area contributed by atoms with Crippen molar-refractivity contribution in [3.05, 3.63) is 24.4 Å². The summed E-state index contributed by atoms with van der Waals surface area (Å²) in [4.78, 5) is 26.4. The SMILES string of the molecule is C=C(CCCCN=C=O)C(=C)N=C=O. The Kier molecular flexibility index (Phi) is 6.88. The van der Waals surface area contributed by atoms with Crippen LogP contribution in [0.25, 0.3) is 0 Å². The maximum atomic E-state index is 9.88. The molecule has 0 radical (unpaired) electrons. The smallest absolute Gasteiger partial charge is 0.211 e. The summed E-state index contributed by atoms with van der Waals surface area (Å²) in [7, 11) is 0. The number of isocyanates is 2. The van der Waals surface area contributed by atoms with Gasteiger partial charge in [-0.2, -0.15) is 4.99 Å². The fourth-order valence-corrected chi connectivity index (χ4v) is 0.853. The molecule has 0 aromatic rings. The maximum Gasteiger partial charge on any atom is 0.240 e. The Bertz CT molecular complexity index is 308. The van der Waals surface area contributed by atoms with Crippen molar-refractivity contribution in [1.82, 2.24) is 0 Å². The van der Waals surface area contributed by atoms with Crippen molar-refractivity contribution in [2.45, 2.75) is 19.3 Å². The van der Waals surface area contributed by atoms with Crippen LogP contribution in [0.1, 0.15) is 19.3 Å². The minimum Gasteiger partial charge on any atom is -0.211 e. The second-order valence-electron chi connectivity index (χ2n) is 2.68. The highest BCUT2D eigenvalue weighted by Gasteiger charge is 1.98. The molecule has 0 saturated heterocycles. The topological polar surface area (TPSA) is 58.9 Å². The van der Waals surface area contributed by atoms with Gasteiger partial charge in [-0.1, -0.05) is 13.2 Å². The molecule has 0 heterocycles. The van der Waals surface area contributed by atoms with Gasteiger partial charge >= 0.3 is 0 Å². The predicted octanol–water partition coefficient (Wildman–Crippen LogP) is 1.90. The van der Waals surface area contributed by atoms with Gasteiger partial charge in [0.15, 0.2) is 0 Å². The largest absolute Gasteiger partial charge is 0.240 e. The Morgan fingerprint density at radius 2 is 1.86 bits per heavy atom. The third-order valence-corrected chi connectivity index (χ3v) is 1.65. The fraction of sp³-hybridized carbons (Fsp3) is 0.400. The zero-order chi connectivity index (χ0) is 10.8. The lowest BCUT2D eigenvalue weighted by Gasteiger charge is -2.01. The van der Waals surface area contributed by atoms with E-state index in [0.717, 1.165) is 12.8 Å². The summed E-state index contributed by atoms with van der Waals surface area (Å²) in [5.74, 6) is 0. The number of nitrogens with zero attached hydrogens (tertiary/aromatic N) is 2. The van der Waals surface area contributed by atoms with E-state index in [2.05, 4.69) is 23.1 Å². The normalized spacial score (nSPS) is 8.29. The van der Waals surface area contributed by atoms with E-state index in [0.29, 0.717) is 24.2 Å². The van der Waals surface area contributed by atoms with E-state index in [4.69, 9.17) is 0 Å². The fourth-order valence-electron chi connectivity index (χ4n) is 0.853. The van der Waals surface area contributed by atoms with E-state index in [9.17, 15) is 9.59 Å². The van der Waals surface area contributed by atoms with Crippen LogP contribution in [0.4, 0.5) is 0 Å². The first-order chi connectivity index (χ1) is 6.72. The van der Waals surface area contributed by atoms with Crippen LogP contribution in [0, 0.1) is 0 Å². The van der Waals surface area contributed by atoms with Crippen LogP contribution in [-0.2, 0) is 9.59 Å². The third kappa shape index (κ3) is 5.84. The lowest BCUT2D eigenvalue weighted by molar-refractivity contribution is 0.561. The van der Waals surface area contributed by atoms with Gasteiger partial charge in [0.2, 0.25) is 12.2 Å². The molecule has 0 aliphatic heterocycles. The van der Waals surface area contributed by atoms with Crippen LogP contribution in [0.3, 0.4) is 0 Å². The van der Waals surface area contributed by atoms with Gasteiger partial charge in [0.25, 0.3) is 0 Å². The molecule has 0 rings (SSSR count). The number of unbranched alkanes of at least 4 members (excludes halogenated alkanes) is 1. The molecule has 14 heavy (non-hydrogen) atoms. The molecule has 0 atom stereocenters. The first-order valence-electron chi connectivity index (χ1n) is 4.21. The molecule has 0 N–H and O–H groups in total. The van der Waals surface area contributed by atoms with Gasteiger partial charge in [-0.15, -0.1) is 0 Å². The second-order valence-corrected chi connectivity index (χ2v) is 2.68. The molecule has 0 fully saturated rings. The maximum absolute atomic E-state index is 9.88. The predicted molar refractivity (Wildman–Crippen MR) is 53.2 cm³/mol. The number of carbonyl (C=O) groups excluding carboxylic acids is 2. The van der Waals surface area contributed by atoms with E-state index in [1.54, 1.807) is 0 Å². The summed E-state index contributed by atoms with van der Waals surface area (Å²) < 4.78 is 0. The average Bonchev–Trinajstić information content (AvgIpc) is 2.17. The summed E-state index contributed by atoms with van der Waals surface area (Å²) in [5.41, 5.74) is 1.07. The van der Waals surface area contributed by atoms with Gasteiger partial charge in [0.05, 0.1) is 12.2 Å². The first-order valence-corrected chi connectivity index (χ1v) is 4.21. The molecule has 74 valence electrons. The van der Waals surface area contributed by atoms with Crippen LogP contribution in [0.5, 0.6) is 0 Å². The lowest BCUT2D eigenvalue weighted by atomic mass is 10.1. The van der Waals surface area contributed by atoms with Gasteiger partial charge in [-0.25, -0.2) is 14.6 Å². The molecule has 0 spiro atoms. The van der Waals surface area contributed by atoms with E-state index in [1.807, 2.05) is 0 Å². The van der Waals surface area contributed by atoms with Crippen molar-refractivity contribution >= 4 is 12.2 Å². The highest BCUT2D eigenvalue weighted by molar-refractivity contribution is 5.41. The van der Waals surface area contributed by atoms with E-state index >= 15 is 0 Å². The third-order valence-electron chi connectivity index (χ3n) is 1.65. The Balaban J connectivity index is 3.69. The van der Waals surface area contributed by atoms with Crippen molar-refractivity contribution in [2.75, 3.05) is 6.54 Å². The average molecular weight is 192 g/mol. The highest BCUT2D eigenvalue weighted by Crippen LogP contribution is 2.13. The molecule has 4 nitrogen and oxygen atoms in total. The summed E-state index contributed by atoms with van der Waals surface area (Å²) in [6, 6.07) is 0. The van der Waals surface area contributed by atoms with Crippen molar-refractivity contribution in [3.63, 3.8) is 0 Å². The lowest BCUT2D eigenvalue weighted by Crippen LogP contribution is -1.87. The quantitative estimate of drug-likeness (QED) is 0.267. The van der Waals surface area contributed by atoms with E-state index in [1.165, 1.54) is 12.2 Å². The van der Waals surface area contributed by atoms with Crippen molar-refractivity contribution in [2.24, 2.45) is 9.98 Å². The highest BCUT2D eigenvalue weighted by atomic mass is 16.1. The van der Waals surface area contributed by atoms with Gasteiger partial charge in [0.1, 0.15) is 0 Å². The molecule has 0 amide bonds. The summed E-state index contributed by atoms with van der Waals surface area (Å²) in [5, 5.41) is 0. The van der Waals surface area contributed by atoms with E-state index < -0.39 is 0 Å². The molecule has 0 aromatic heterocycles. The Labute approximate surface area is 82.8 Å². The minimum absolute atomic E-state index is 0.360. The summed E-state index contributed by atoms with van der Waals surface area (Å²) in [6.07, 6.45) is 5.18. The molecular formula is C10H12N2O2. The van der Waals surface area contributed by atoms with Gasteiger partial charge in [0, 0.05) is 0 Å². The van der Waals surface area contributed by atoms with Crippen LogP contribution < -0.4 is 0 Å². The van der Waals surface area contributed by atoms with Crippen LogP contribution in [-0.4, -0.2) is 18.7 Å². The molecule has 0 aliphatic carbocycles. The molecule has 4 heteroatoms. The van der Waals surface area contributed by atoms with Crippen molar-refractivity contribution in [1.29, 1.82) is 0 Å². The minimum atomic E-state index is 0.360. The molecule has 0 aliphatic rings. The number of hydrogen-bond donors (Lipinski definition) is 0. The van der Waals surface area contributed by atoms with Crippen molar-refractivity contribution < 1.29 is 9.59 Å². The summed E-state index contributed by atoms with van der Waals surface area (Å²) in [6.45, 7) is 7.73. The van der Waals surface area contributed by atoms with Gasteiger partial charge in [-0.3, -0.25) is 0 Å². The van der Waals surface area contributed by atoms with Crippen LogP contribution in [0.2, 0.25) is 0 Å². The molecule has 0 saturated carbocycles. The van der Waals surface area contributed by atoms with Gasteiger partial charge < -0.3 is 0 Å². The van der Waals surface area contributed by atoms with Crippen LogP contribution >= 0.6 is 0 Å². The second kappa shape index (κ2) is 7.87. The zero-order valence-corrected chi connectivity index (χ0v) is 7.95. The Morgan fingerprint density at radius 1 is 1.14 bits per heavy atom. The number of aliphatic imine (C=N–C) groups is 2. The molecule has 0 unspecified atom stereocenters. The van der Waals surface area contributed by atoms with E-state index in [-0.39, 0.29) is 0 Å². The number of hydrogen-bond acceptors (Lipinski definition) is 4. The molecule has 0 aromatic carbocycles. The Morgan fingerprint density at radius 3 is 2.43 bits per heavy atom. The summed E-state index contributed by atoms with van der Waals surface area (Å²) >= 11 is 0. The monoisotopic (exact) mass is 192 g/mol. The van der Waals surface area contributed by atoms with Gasteiger partial charge in [-0.05, 0) is 24.8 Å². The van der Waals surface area contributed by atoms with Crippen molar-refractivity contribution in [3.8, 4) is 0 Å². The standard InChI is InChI=1S/C10H12N2O2/c1-9(10(2)12-8-14)5-3-4-6-11-7-13/h1-6H2. The zero-order valence-electron chi connectivity index (χ0n) is 7.95. The number of allylic oxidation sites excluding steroid dienone is 1. The molecule has 0 bridgehead atoms. The molecular weight excluding hydrogens is 180 g/mol. The van der Waals surface area contributed by atoms with Crippen LogP contribution in [0.15, 0.2) is 34.4 Å².